The van der Waals surface area contributed by atoms with Crippen molar-refractivity contribution in [2.45, 2.75) is 38.0 Å². The number of aliphatic carboxylic acids is 1. The van der Waals surface area contributed by atoms with Crippen LogP contribution >= 0.6 is 0 Å². The van der Waals surface area contributed by atoms with E-state index in [1.807, 2.05) is 12.1 Å². The van der Waals surface area contributed by atoms with Crippen molar-refractivity contribution in [2.24, 2.45) is 0 Å². The molecule has 0 amide bonds. The minimum absolute atomic E-state index is 0.250. The Kier molecular flexibility index (Phi) is 4.50. The number of carbonyl (C=O) groups excluding carboxylic acids is 1. The Bertz CT molecular complexity index is 496. The van der Waals surface area contributed by atoms with E-state index < -0.39 is 5.97 Å². The van der Waals surface area contributed by atoms with Crippen molar-refractivity contribution in [1.82, 2.24) is 0 Å². The summed E-state index contributed by atoms with van der Waals surface area (Å²) in [7, 11) is 0. The van der Waals surface area contributed by atoms with Crippen molar-refractivity contribution in [3.8, 4) is 0 Å². The van der Waals surface area contributed by atoms with Gasteiger partial charge in [0.2, 0.25) is 0 Å². The molecule has 3 heteroatoms. The molecule has 0 bridgehead atoms. The summed E-state index contributed by atoms with van der Waals surface area (Å²) < 4.78 is 0. The first-order valence-corrected chi connectivity index (χ1v) is 6.72. The largest absolute Gasteiger partial charge is 0.478 e. The average Bonchev–Trinajstić information content (AvgIpc) is 2.46. The Hall–Kier alpha value is -1.90. The Morgan fingerprint density at radius 1 is 1.11 bits per heavy atom. The molecule has 1 fully saturated rings. The average molecular weight is 258 g/mol. The molecule has 0 spiro atoms. The zero-order chi connectivity index (χ0) is 13.7. The van der Waals surface area contributed by atoms with Gasteiger partial charge in [-0.25, -0.2) is 4.79 Å². The van der Waals surface area contributed by atoms with Crippen LogP contribution in [-0.4, -0.2) is 16.9 Å². The first-order valence-electron chi connectivity index (χ1n) is 6.72. The number of carboxylic acids is 1. The van der Waals surface area contributed by atoms with Gasteiger partial charge in [0.05, 0.1) is 0 Å². The van der Waals surface area contributed by atoms with E-state index in [9.17, 15) is 9.59 Å². The van der Waals surface area contributed by atoms with E-state index in [0.717, 1.165) is 12.2 Å². The van der Waals surface area contributed by atoms with E-state index in [4.69, 9.17) is 5.11 Å². The van der Waals surface area contributed by atoms with Crippen LogP contribution in [0.2, 0.25) is 0 Å². The standard InChI is InChI=1S/C16H18O3/c17-15(9-10-16(18)19)14-8-4-7-13(11-14)12-5-2-1-3-6-12/h4,7-12H,1-3,5-6H2,(H,18,19)/b10-9+. The van der Waals surface area contributed by atoms with E-state index in [2.05, 4.69) is 6.07 Å². The molecule has 0 radical (unpaired) electrons. The molecule has 0 heterocycles. The topological polar surface area (TPSA) is 54.4 Å². The maximum Gasteiger partial charge on any atom is 0.328 e. The Balaban J connectivity index is 2.14. The molecule has 3 nitrogen and oxygen atoms in total. The van der Waals surface area contributed by atoms with E-state index in [-0.39, 0.29) is 5.78 Å². The maximum absolute atomic E-state index is 11.8. The van der Waals surface area contributed by atoms with E-state index in [1.54, 1.807) is 6.07 Å². The molecule has 2 rings (SSSR count). The highest BCUT2D eigenvalue weighted by molar-refractivity contribution is 6.06. The van der Waals surface area contributed by atoms with Crippen LogP contribution in [0.3, 0.4) is 0 Å². The Morgan fingerprint density at radius 3 is 2.53 bits per heavy atom. The molecule has 0 unspecified atom stereocenters. The molecule has 19 heavy (non-hydrogen) atoms. The summed E-state index contributed by atoms with van der Waals surface area (Å²) in [6, 6.07) is 7.59. The molecule has 0 atom stereocenters. The highest BCUT2D eigenvalue weighted by Crippen LogP contribution is 2.32. The van der Waals surface area contributed by atoms with Crippen LogP contribution in [0.25, 0.3) is 0 Å². The van der Waals surface area contributed by atoms with Crippen molar-refractivity contribution in [3.05, 3.63) is 47.5 Å². The van der Waals surface area contributed by atoms with Crippen LogP contribution < -0.4 is 0 Å². The fraction of sp³-hybridized carbons (Fsp3) is 0.375. The summed E-state index contributed by atoms with van der Waals surface area (Å²) in [5, 5.41) is 8.53. The lowest BCUT2D eigenvalue weighted by Crippen LogP contribution is -2.06. The van der Waals surface area contributed by atoms with Crippen molar-refractivity contribution in [2.75, 3.05) is 0 Å². The molecule has 1 aliphatic carbocycles. The molecule has 0 saturated heterocycles. The molecule has 1 saturated carbocycles. The number of ketones is 1. The molecule has 0 aliphatic heterocycles. The molecule has 1 aromatic rings. The summed E-state index contributed by atoms with van der Waals surface area (Å²) >= 11 is 0. The van der Waals surface area contributed by atoms with E-state index in [0.29, 0.717) is 11.5 Å². The number of hydrogen-bond acceptors (Lipinski definition) is 2. The van der Waals surface area contributed by atoms with Gasteiger partial charge in [-0.1, -0.05) is 37.5 Å². The van der Waals surface area contributed by atoms with Crippen molar-refractivity contribution in [1.29, 1.82) is 0 Å². The van der Waals surface area contributed by atoms with Crippen LogP contribution in [0, 0.1) is 0 Å². The molecule has 0 aromatic heterocycles. The number of carbonyl (C=O) groups is 2. The number of carboxylic acid groups (broad SMARTS) is 1. The first kappa shape index (κ1) is 13.5. The third-order valence-corrected chi connectivity index (χ3v) is 3.63. The predicted octanol–water partition coefficient (Wildman–Crippen LogP) is 3.56. The zero-order valence-electron chi connectivity index (χ0n) is 10.8. The third kappa shape index (κ3) is 3.78. The highest BCUT2D eigenvalue weighted by Gasteiger charge is 2.16. The lowest BCUT2D eigenvalue weighted by molar-refractivity contribution is -0.131. The number of rotatable bonds is 4. The number of hydrogen-bond donors (Lipinski definition) is 1. The predicted molar refractivity (Wildman–Crippen MR) is 73.4 cm³/mol. The van der Waals surface area contributed by atoms with Crippen LogP contribution in [0.4, 0.5) is 0 Å². The van der Waals surface area contributed by atoms with E-state index >= 15 is 0 Å². The second-order valence-electron chi connectivity index (χ2n) is 5.00. The Labute approximate surface area is 113 Å². The van der Waals surface area contributed by atoms with Crippen molar-refractivity contribution < 1.29 is 14.7 Å². The van der Waals surface area contributed by atoms with Gasteiger partial charge >= 0.3 is 5.97 Å². The van der Waals surface area contributed by atoms with E-state index in [1.165, 1.54) is 37.7 Å². The van der Waals surface area contributed by atoms with Crippen LogP contribution in [0.5, 0.6) is 0 Å². The van der Waals surface area contributed by atoms with Gasteiger partial charge in [0, 0.05) is 11.6 Å². The maximum atomic E-state index is 11.8. The van der Waals surface area contributed by atoms with Crippen LogP contribution in [-0.2, 0) is 4.79 Å². The molecule has 1 N–H and O–H groups in total. The first-order chi connectivity index (χ1) is 9.16. The number of allylic oxidation sites excluding steroid dienone is 1. The smallest absolute Gasteiger partial charge is 0.328 e. The van der Waals surface area contributed by atoms with Gasteiger partial charge < -0.3 is 5.11 Å². The van der Waals surface area contributed by atoms with Crippen molar-refractivity contribution >= 4 is 11.8 Å². The zero-order valence-corrected chi connectivity index (χ0v) is 10.8. The van der Waals surface area contributed by atoms with Gasteiger partial charge in [0.15, 0.2) is 5.78 Å². The highest BCUT2D eigenvalue weighted by atomic mass is 16.4. The molecule has 100 valence electrons. The normalized spacial score (nSPS) is 16.6. The quantitative estimate of drug-likeness (QED) is 0.663. The molecule has 1 aliphatic rings. The minimum Gasteiger partial charge on any atom is -0.478 e. The lowest BCUT2D eigenvalue weighted by Gasteiger charge is -2.22. The molecular formula is C16H18O3. The van der Waals surface area contributed by atoms with Gasteiger partial charge in [-0.05, 0) is 36.5 Å². The third-order valence-electron chi connectivity index (χ3n) is 3.63. The van der Waals surface area contributed by atoms with Crippen LogP contribution in [0.15, 0.2) is 36.4 Å². The summed E-state index contributed by atoms with van der Waals surface area (Å²) in [6.07, 6.45) is 8.17. The SMILES string of the molecule is O=C(O)/C=C/C(=O)c1cccc(C2CCCCC2)c1. The minimum atomic E-state index is -1.10. The lowest BCUT2D eigenvalue weighted by atomic mass is 9.83. The van der Waals surface area contributed by atoms with Gasteiger partial charge in [-0.2, -0.15) is 0 Å². The Morgan fingerprint density at radius 2 is 1.84 bits per heavy atom. The van der Waals surface area contributed by atoms with Gasteiger partial charge in [-0.3, -0.25) is 4.79 Å². The van der Waals surface area contributed by atoms with Gasteiger partial charge in [0.1, 0.15) is 0 Å². The van der Waals surface area contributed by atoms with Gasteiger partial charge in [0.25, 0.3) is 0 Å². The fourth-order valence-corrected chi connectivity index (χ4v) is 2.62. The second-order valence-corrected chi connectivity index (χ2v) is 5.00. The second kappa shape index (κ2) is 6.32. The molecular weight excluding hydrogens is 240 g/mol. The summed E-state index contributed by atoms with van der Waals surface area (Å²) in [4.78, 5) is 22.2. The summed E-state index contributed by atoms with van der Waals surface area (Å²) in [5.74, 6) is -0.804. The van der Waals surface area contributed by atoms with Crippen molar-refractivity contribution in [3.63, 3.8) is 0 Å². The summed E-state index contributed by atoms with van der Waals surface area (Å²) in [6.45, 7) is 0. The monoisotopic (exact) mass is 258 g/mol. The fourth-order valence-electron chi connectivity index (χ4n) is 2.62. The van der Waals surface area contributed by atoms with Gasteiger partial charge in [-0.15, -0.1) is 0 Å². The summed E-state index contributed by atoms with van der Waals surface area (Å²) in [5.41, 5.74) is 1.77. The van der Waals surface area contributed by atoms with Crippen LogP contribution in [0.1, 0.15) is 53.9 Å². The number of benzene rings is 1. The molecule has 1 aromatic carbocycles.